The lowest BCUT2D eigenvalue weighted by Gasteiger charge is -2.31. The quantitative estimate of drug-likeness (QED) is 0.577. The highest BCUT2D eigenvalue weighted by Crippen LogP contribution is 2.28. The van der Waals surface area contributed by atoms with Crippen molar-refractivity contribution in [2.45, 2.75) is 32.0 Å². The van der Waals surface area contributed by atoms with Gasteiger partial charge in [0, 0.05) is 18.3 Å². The predicted octanol–water partition coefficient (Wildman–Crippen LogP) is 2.56. The predicted molar refractivity (Wildman–Crippen MR) is 103 cm³/mol. The van der Waals surface area contributed by atoms with Crippen LogP contribution in [0.3, 0.4) is 0 Å². The number of benzene rings is 1. The van der Waals surface area contributed by atoms with E-state index in [4.69, 9.17) is 9.47 Å². The number of nitrogens with zero attached hydrogens (tertiary/aromatic N) is 4. The molecule has 1 saturated heterocycles. The summed E-state index contributed by atoms with van der Waals surface area (Å²) in [6, 6.07) is 0.549. The van der Waals surface area contributed by atoms with Crippen molar-refractivity contribution in [2.75, 3.05) is 19.8 Å². The number of alkyl halides is 2. The monoisotopic (exact) mass is 453 g/mol. The van der Waals surface area contributed by atoms with Gasteiger partial charge in [-0.25, -0.2) is 27.5 Å². The standard InChI is InChI=1S/C20H19F4N5O3/c1-10-6-26-14(7-25-10)20(30)28-18(16-9-31-2-3-32-16)19-27-13-4-11(21)12(22)5-15(13)29(19)8-17(23)24/h4-7,16-18H,2-3,8-9H2,1H3,(H,28,30). The van der Waals surface area contributed by atoms with Crippen LogP contribution in [0.25, 0.3) is 11.0 Å². The minimum absolute atomic E-state index is 0.00839. The molecule has 8 nitrogen and oxygen atoms in total. The zero-order chi connectivity index (χ0) is 22.8. The first-order valence-corrected chi connectivity index (χ1v) is 9.75. The molecular weight excluding hydrogens is 434 g/mol. The number of aromatic nitrogens is 4. The summed E-state index contributed by atoms with van der Waals surface area (Å²) in [5.74, 6) is -3.07. The molecule has 3 aromatic rings. The summed E-state index contributed by atoms with van der Waals surface area (Å²) in [4.78, 5) is 25.1. The van der Waals surface area contributed by atoms with Crippen LogP contribution >= 0.6 is 0 Å². The normalized spacial score (nSPS) is 17.6. The van der Waals surface area contributed by atoms with Gasteiger partial charge in [0.25, 0.3) is 12.3 Å². The Kier molecular flexibility index (Phi) is 6.33. The second-order valence-corrected chi connectivity index (χ2v) is 7.21. The Morgan fingerprint density at radius 3 is 2.66 bits per heavy atom. The molecule has 0 radical (unpaired) electrons. The molecule has 0 bridgehead atoms. The Bertz CT molecular complexity index is 1120. The smallest absolute Gasteiger partial charge is 0.272 e. The molecule has 1 fully saturated rings. The number of halogens is 4. The second-order valence-electron chi connectivity index (χ2n) is 7.21. The van der Waals surface area contributed by atoms with E-state index in [0.717, 1.165) is 16.7 Å². The highest BCUT2D eigenvalue weighted by atomic mass is 19.3. The van der Waals surface area contributed by atoms with Crippen molar-refractivity contribution in [1.29, 1.82) is 0 Å². The number of carbonyl (C=O) groups is 1. The SMILES string of the molecule is Cc1cnc(C(=O)NC(c2nc3cc(F)c(F)cc3n2CC(F)F)C2COCCO2)cn1. The van der Waals surface area contributed by atoms with Crippen molar-refractivity contribution in [3.63, 3.8) is 0 Å². The van der Waals surface area contributed by atoms with Crippen molar-refractivity contribution in [3.05, 3.63) is 53.4 Å². The molecule has 12 heteroatoms. The fourth-order valence-electron chi connectivity index (χ4n) is 3.45. The summed E-state index contributed by atoms with van der Waals surface area (Å²) in [5.41, 5.74) is 0.520. The highest BCUT2D eigenvalue weighted by molar-refractivity contribution is 5.92. The minimum Gasteiger partial charge on any atom is -0.376 e. The summed E-state index contributed by atoms with van der Waals surface area (Å²) >= 11 is 0. The van der Waals surface area contributed by atoms with Crippen LogP contribution in [-0.4, -0.2) is 57.8 Å². The summed E-state index contributed by atoms with van der Waals surface area (Å²) < 4.78 is 66.5. The van der Waals surface area contributed by atoms with Gasteiger partial charge in [-0.15, -0.1) is 0 Å². The first-order chi connectivity index (χ1) is 15.3. The Morgan fingerprint density at radius 1 is 1.22 bits per heavy atom. The molecule has 1 aromatic carbocycles. The average molecular weight is 453 g/mol. The van der Waals surface area contributed by atoms with Crippen molar-refractivity contribution >= 4 is 16.9 Å². The Hall–Kier alpha value is -3.12. The number of aryl methyl sites for hydroxylation is 1. The van der Waals surface area contributed by atoms with Crippen LogP contribution in [0.1, 0.15) is 28.0 Å². The lowest BCUT2D eigenvalue weighted by molar-refractivity contribution is -0.102. The van der Waals surface area contributed by atoms with Gasteiger partial charge in [0.2, 0.25) is 0 Å². The van der Waals surface area contributed by atoms with E-state index in [0.29, 0.717) is 12.3 Å². The van der Waals surface area contributed by atoms with Crippen molar-refractivity contribution in [3.8, 4) is 0 Å². The van der Waals surface area contributed by atoms with E-state index < -0.39 is 42.7 Å². The number of imidazole rings is 1. The van der Waals surface area contributed by atoms with Gasteiger partial charge in [-0.3, -0.25) is 9.78 Å². The number of ether oxygens (including phenoxy) is 2. The molecule has 3 heterocycles. The third-order valence-corrected chi connectivity index (χ3v) is 4.93. The van der Waals surface area contributed by atoms with Crippen LogP contribution < -0.4 is 5.32 Å². The van der Waals surface area contributed by atoms with Gasteiger partial charge >= 0.3 is 0 Å². The summed E-state index contributed by atoms with van der Waals surface area (Å²) in [6.07, 6.45) is -0.926. The Labute approximate surface area is 179 Å². The van der Waals surface area contributed by atoms with Crippen LogP contribution in [0.4, 0.5) is 17.6 Å². The topological polar surface area (TPSA) is 91.2 Å². The van der Waals surface area contributed by atoms with Crippen molar-refractivity contribution in [1.82, 2.24) is 24.8 Å². The molecule has 170 valence electrons. The van der Waals surface area contributed by atoms with E-state index in [9.17, 15) is 22.4 Å². The molecule has 0 spiro atoms. The number of fused-ring (bicyclic) bond motifs is 1. The number of amides is 1. The van der Waals surface area contributed by atoms with Gasteiger partial charge in [-0.1, -0.05) is 0 Å². The van der Waals surface area contributed by atoms with Crippen LogP contribution in [0.5, 0.6) is 0 Å². The summed E-state index contributed by atoms with van der Waals surface area (Å²) in [5, 5.41) is 2.68. The number of hydrogen-bond acceptors (Lipinski definition) is 6. The maximum absolute atomic E-state index is 13.9. The molecule has 1 N–H and O–H groups in total. The minimum atomic E-state index is -2.82. The molecule has 32 heavy (non-hydrogen) atoms. The van der Waals surface area contributed by atoms with Gasteiger partial charge in [-0.05, 0) is 6.92 Å². The third kappa shape index (κ3) is 4.55. The van der Waals surface area contributed by atoms with E-state index in [1.54, 1.807) is 6.92 Å². The Morgan fingerprint density at radius 2 is 2.00 bits per heavy atom. The summed E-state index contributed by atoms with van der Waals surface area (Å²) in [7, 11) is 0. The third-order valence-electron chi connectivity index (χ3n) is 4.93. The van der Waals surface area contributed by atoms with Crippen LogP contribution in [0.15, 0.2) is 24.5 Å². The van der Waals surface area contributed by atoms with E-state index in [-0.39, 0.29) is 35.8 Å². The molecule has 0 saturated carbocycles. The molecule has 0 aliphatic carbocycles. The highest BCUT2D eigenvalue weighted by Gasteiger charge is 2.34. The molecular formula is C20H19F4N5O3. The molecule has 1 aliphatic rings. The number of nitrogens with one attached hydrogen (secondary N) is 1. The Balaban J connectivity index is 1.79. The number of hydrogen-bond donors (Lipinski definition) is 1. The van der Waals surface area contributed by atoms with Crippen molar-refractivity contribution < 1.29 is 31.8 Å². The largest absolute Gasteiger partial charge is 0.376 e. The van der Waals surface area contributed by atoms with E-state index in [2.05, 4.69) is 20.3 Å². The maximum Gasteiger partial charge on any atom is 0.272 e. The number of carbonyl (C=O) groups excluding carboxylic acids is 1. The summed E-state index contributed by atoms with van der Waals surface area (Å²) in [6.45, 7) is 1.44. The first kappa shape index (κ1) is 22.1. The zero-order valence-corrected chi connectivity index (χ0v) is 16.9. The molecule has 4 rings (SSSR count). The van der Waals surface area contributed by atoms with E-state index in [1.165, 1.54) is 12.4 Å². The van der Waals surface area contributed by atoms with Crippen molar-refractivity contribution in [2.24, 2.45) is 0 Å². The number of rotatable bonds is 6. The lowest BCUT2D eigenvalue weighted by Crippen LogP contribution is -2.44. The molecule has 1 amide bonds. The van der Waals surface area contributed by atoms with E-state index >= 15 is 0 Å². The van der Waals surface area contributed by atoms with E-state index in [1.807, 2.05) is 0 Å². The first-order valence-electron chi connectivity index (χ1n) is 9.75. The molecule has 2 unspecified atom stereocenters. The van der Waals surface area contributed by atoms with Gasteiger partial charge in [-0.2, -0.15) is 0 Å². The fourth-order valence-corrected chi connectivity index (χ4v) is 3.45. The fraction of sp³-hybridized carbons (Fsp3) is 0.400. The maximum atomic E-state index is 13.9. The lowest BCUT2D eigenvalue weighted by atomic mass is 10.1. The van der Waals surface area contributed by atoms with Gasteiger partial charge < -0.3 is 19.4 Å². The molecule has 2 atom stereocenters. The van der Waals surface area contributed by atoms with Crippen LogP contribution in [-0.2, 0) is 16.0 Å². The van der Waals surface area contributed by atoms with Gasteiger partial charge in [0.05, 0.1) is 49.3 Å². The second kappa shape index (κ2) is 9.17. The van der Waals surface area contributed by atoms with Crippen LogP contribution in [0.2, 0.25) is 0 Å². The molecule has 1 aliphatic heterocycles. The van der Waals surface area contributed by atoms with Crippen LogP contribution in [0, 0.1) is 18.6 Å². The molecule has 2 aromatic heterocycles. The van der Waals surface area contributed by atoms with Gasteiger partial charge in [0.15, 0.2) is 11.6 Å². The average Bonchev–Trinajstić information content (AvgIpc) is 3.09. The zero-order valence-electron chi connectivity index (χ0n) is 16.9. The van der Waals surface area contributed by atoms with Gasteiger partial charge in [0.1, 0.15) is 23.7 Å².